The van der Waals surface area contributed by atoms with Crippen molar-refractivity contribution in [3.63, 3.8) is 0 Å². The van der Waals surface area contributed by atoms with Crippen LogP contribution in [0.15, 0.2) is 46.4 Å². The van der Waals surface area contributed by atoms with Gasteiger partial charge >= 0.3 is 11.7 Å². The Balaban J connectivity index is 1.31. The lowest BCUT2D eigenvalue weighted by atomic mass is 9.79. The van der Waals surface area contributed by atoms with Gasteiger partial charge in [0.05, 0.1) is 24.0 Å². The monoisotopic (exact) mass is 694 g/mol. The van der Waals surface area contributed by atoms with Crippen LogP contribution in [0.25, 0.3) is 53.2 Å². The van der Waals surface area contributed by atoms with E-state index in [4.69, 9.17) is 22.6 Å². The molecule has 11 heteroatoms. The van der Waals surface area contributed by atoms with Crippen molar-refractivity contribution in [1.29, 1.82) is 10.5 Å². The number of hydrogen-bond acceptors (Lipinski definition) is 9. The molecule has 2 aromatic carbocycles. The molecule has 49 heavy (non-hydrogen) atoms. The number of methoxy groups -OCH3 is 2. The molecular formula is C38H26N6O2S3. The number of amidine groups is 2. The van der Waals surface area contributed by atoms with Gasteiger partial charge in [0.2, 0.25) is 10.0 Å². The Labute approximate surface area is 295 Å². The molecular weight excluding hydrogens is 669 g/mol. The summed E-state index contributed by atoms with van der Waals surface area (Å²) in [5, 5.41) is 22.0. The quantitative estimate of drug-likeness (QED) is 0.100. The third-order valence-electron chi connectivity index (χ3n) is 9.25. The molecule has 0 bridgehead atoms. The van der Waals surface area contributed by atoms with Crippen LogP contribution < -0.4 is 9.47 Å². The molecule has 7 rings (SSSR count). The van der Waals surface area contributed by atoms with Gasteiger partial charge in [-0.05, 0) is 69.8 Å². The molecule has 0 saturated carbocycles. The highest BCUT2D eigenvalue weighted by atomic mass is 32.1. The van der Waals surface area contributed by atoms with Gasteiger partial charge < -0.3 is 19.2 Å². The topological polar surface area (TPSA) is 99.5 Å². The van der Waals surface area contributed by atoms with Gasteiger partial charge in [-0.15, -0.1) is 11.3 Å². The number of thiophene rings is 3. The summed E-state index contributed by atoms with van der Waals surface area (Å²) in [4.78, 5) is 16.8. The molecule has 0 aliphatic heterocycles. The molecule has 0 unspecified atom stereocenters. The largest absolute Gasteiger partial charge is 0.495 e. The zero-order valence-corrected chi connectivity index (χ0v) is 29.8. The molecule has 0 spiro atoms. The summed E-state index contributed by atoms with van der Waals surface area (Å²) >= 11 is 4.62. The van der Waals surface area contributed by atoms with Crippen molar-refractivity contribution >= 4 is 99.2 Å². The van der Waals surface area contributed by atoms with E-state index in [9.17, 15) is 10.5 Å². The molecule has 3 aromatic heterocycles. The maximum absolute atomic E-state index is 9.23. The predicted molar refractivity (Wildman–Crippen MR) is 201 cm³/mol. The second-order valence-electron chi connectivity index (χ2n) is 12.6. The van der Waals surface area contributed by atoms with Gasteiger partial charge in [0.15, 0.2) is 0 Å². The van der Waals surface area contributed by atoms with E-state index in [0.717, 1.165) is 32.0 Å². The number of ether oxygens (including phenoxy) is 2. The normalized spacial score (nSPS) is 15.9. The van der Waals surface area contributed by atoms with E-state index in [1.165, 1.54) is 54.0 Å². The van der Waals surface area contributed by atoms with Crippen molar-refractivity contribution in [3.8, 4) is 23.6 Å². The van der Waals surface area contributed by atoms with Crippen molar-refractivity contribution in [1.82, 2.24) is 0 Å². The summed E-state index contributed by atoms with van der Waals surface area (Å²) in [5.41, 5.74) is 6.31. The average molecular weight is 695 g/mol. The molecule has 8 nitrogen and oxygen atoms in total. The van der Waals surface area contributed by atoms with E-state index in [1.54, 1.807) is 37.7 Å². The molecule has 0 N–H and O–H groups in total. The Morgan fingerprint density at radius 2 is 1.08 bits per heavy atom. The maximum atomic E-state index is 9.23. The highest BCUT2D eigenvalue weighted by molar-refractivity contribution is 7.25. The number of benzene rings is 2. The first kappa shape index (κ1) is 32.0. The second kappa shape index (κ2) is 11.5. The van der Waals surface area contributed by atoms with Crippen LogP contribution in [0.4, 0.5) is 10.0 Å². The van der Waals surface area contributed by atoms with Crippen LogP contribution in [0.1, 0.15) is 59.7 Å². The summed E-state index contributed by atoms with van der Waals surface area (Å²) in [5.74, 6) is 0.929. The smallest absolute Gasteiger partial charge is 0.350 e. The summed E-state index contributed by atoms with van der Waals surface area (Å²) in [6.07, 6.45) is 4.45. The predicted octanol–water partition coefficient (Wildman–Crippen LogP) is 10.8. The zero-order chi connectivity index (χ0) is 34.8. The minimum atomic E-state index is -0.339. The fraction of sp³-hybridized carbons (Fsp3) is 0.211. The maximum Gasteiger partial charge on any atom is 0.350 e. The SMILES string of the molecule is [C-]#[N+]C(C#N)=Nc1cc(OC)c(C2=Cc3cc4sc5cc6c(cc5c4cc3C2(C)C)C(C)(C)C(c2sc(N=C(C#N)[N+]#[C-])cc2OC)=C6)s1. The van der Waals surface area contributed by atoms with E-state index in [-0.39, 0.29) is 22.5 Å². The van der Waals surface area contributed by atoms with Crippen LogP contribution in [0.2, 0.25) is 0 Å². The van der Waals surface area contributed by atoms with Gasteiger partial charge in [-0.2, -0.15) is 0 Å². The summed E-state index contributed by atoms with van der Waals surface area (Å²) in [7, 11) is 3.25. The average Bonchev–Trinajstić information content (AvgIpc) is 3.88. The third-order valence-corrected chi connectivity index (χ3v) is 12.5. The lowest BCUT2D eigenvalue weighted by Crippen LogP contribution is -2.16. The fourth-order valence-corrected chi connectivity index (χ4v) is 10.3. The Bertz CT molecular complexity index is 2370. The molecule has 3 heterocycles. The number of hydrogen-bond donors (Lipinski definition) is 0. The van der Waals surface area contributed by atoms with Gasteiger partial charge in [0, 0.05) is 43.1 Å². The van der Waals surface area contributed by atoms with Crippen LogP contribution in [0.5, 0.6) is 11.5 Å². The van der Waals surface area contributed by atoms with E-state index in [0.29, 0.717) is 21.5 Å². The van der Waals surface area contributed by atoms with E-state index in [2.05, 4.69) is 83.8 Å². The first-order valence-corrected chi connectivity index (χ1v) is 17.5. The molecule has 0 fully saturated rings. The van der Waals surface area contributed by atoms with Crippen LogP contribution in [-0.2, 0) is 10.8 Å². The fourth-order valence-electron chi connectivity index (χ4n) is 6.75. The molecule has 238 valence electrons. The Hall–Kier alpha value is -5.56. The number of aliphatic imine (C=N–C) groups is 2. The van der Waals surface area contributed by atoms with Crippen LogP contribution in [-0.4, -0.2) is 25.9 Å². The van der Waals surface area contributed by atoms with Crippen molar-refractivity contribution < 1.29 is 9.47 Å². The van der Waals surface area contributed by atoms with Crippen LogP contribution in [0, 0.1) is 35.8 Å². The lowest BCUT2D eigenvalue weighted by Gasteiger charge is -2.25. The standard InChI is InChI=1S/C38H26N6O2S3/c1-37(2)23-13-21-22-14-24-20(10-26(38(24,3)4)36-28(46-8)16-34(49-36)44-32(18-40)42-6)12-30(22)47-29(21)11-19(23)9-25(37)35-27(45-7)15-33(48-35)43-31(17-39)41-5/h9-16H,1-4,7-8H3. The minimum absolute atomic E-state index is 0.207. The molecule has 5 aromatic rings. The Kier molecular flexibility index (Phi) is 7.54. The van der Waals surface area contributed by atoms with E-state index < -0.39 is 0 Å². The highest BCUT2D eigenvalue weighted by Crippen LogP contribution is 2.56. The number of nitriles is 2. The molecule has 0 atom stereocenters. The lowest BCUT2D eigenvalue weighted by molar-refractivity contribution is 0.415. The molecule has 0 saturated heterocycles. The summed E-state index contributed by atoms with van der Waals surface area (Å²) < 4.78 is 13.9. The Morgan fingerprint density at radius 3 is 1.43 bits per heavy atom. The number of nitrogens with zero attached hydrogens (tertiary/aromatic N) is 6. The second-order valence-corrected chi connectivity index (χ2v) is 15.8. The van der Waals surface area contributed by atoms with Crippen LogP contribution in [0.3, 0.4) is 0 Å². The first-order valence-electron chi connectivity index (χ1n) is 15.1. The van der Waals surface area contributed by atoms with Crippen LogP contribution >= 0.6 is 34.0 Å². The third kappa shape index (κ3) is 4.95. The van der Waals surface area contributed by atoms with E-state index >= 15 is 0 Å². The van der Waals surface area contributed by atoms with Gasteiger partial charge in [0.1, 0.15) is 23.6 Å². The van der Waals surface area contributed by atoms with Gasteiger partial charge in [0.25, 0.3) is 0 Å². The summed E-state index contributed by atoms with van der Waals surface area (Å²) in [6, 6.07) is 16.5. The number of rotatable bonds is 6. The van der Waals surface area contributed by atoms with Gasteiger partial charge in [-0.1, -0.05) is 73.5 Å². The molecule has 0 radical (unpaired) electrons. The van der Waals surface area contributed by atoms with Crippen molar-refractivity contribution in [2.24, 2.45) is 9.98 Å². The molecule has 2 aliphatic carbocycles. The number of allylic oxidation sites excluding steroid dienone is 2. The zero-order valence-electron chi connectivity index (χ0n) is 27.3. The first-order chi connectivity index (χ1) is 23.5. The summed E-state index contributed by atoms with van der Waals surface area (Å²) in [6.45, 7) is 23.3. The number of fused-ring (bicyclic) bond motifs is 5. The molecule has 2 aliphatic rings. The minimum Gasteiger partial charge on any atom is -0.495 e. The van der Waals surface area contributed by atoms with Crippen molar-refractivity contribution in [2.75, 3.05) is 14.2 Å². The highest BCUT2D eigenvalue weighted by Gasteiger charge is 2.39. The molecule has 0 amide bonds. The Morgan fingerprint density at radius 1 is 0.673 bits per heavy atom. The van der Waals surface area contributed by atoms with Gasteiger partial charge in [-0.25, -0.2) is 10.5 Å². The van der Waals surface area contributed by atoms with E-state index in [1.807, 2.05) is 12.1 Å². The van der Waals surface area contributed by atoms with Gasteiger partial charge in [-0.3, -0.25) is 0 Å². The van der Waals surface area contributed by atoms with Crippen molar-refractivity contribution in [3.05, 3.63) is 91.2 Å². The van der Waals surface area contributed by atoms with Crippen molar-refractivity contribution in [2.45, 2.75) is 38.5 Å².